The second kappa shape index (κ2) is 12.5. The summed E-state index contributed by atoms with van der Waals surface area (Å²) in [6, 6.07) is 38.4. The Morgan fingerprint density at radius 3 is 1.41 bits per heavy atom. The molecule has 0 saturated carbocycles. The van der Waals surface area contributed by atoms with Gasteiger partial charge in [-0.05, 0) is 104 Å². The summed E-state index contributed by atoms with van der Waals surface area (Å²) in [5.74, 6) is 0.239. The van der Waals surface area contributed by atoms with Crippen LogP contribution in [0.25, 0.3) is 0 Å². The highest BCUT2D eigenvalue weighted by atomic mass is 32.3. The third kappa shape index (κ3) is 6.84. The Hall–Kier alpha value is -4.09. The molecule has 0 spiro atoms. The van der Waals surface area contributed by atoms with E-state index in [0.29, 0.717) is 20.4 Å². The van der Waals surface area contributed by atoms with Crippen LogP contribution in [0.1, 0.15) is 20.8 Å². The highest BCUT2D eigenvalue weighted by Crippen LogP contribution is 2.70. The Kier molecular flexibility index (Phi) is 8.90. The molecule has 0 aromatic heterocycles. The van der Waals surface area contributed by atoms with E-state index >= 15 is 0 Å². The number of para-hydroxylation sites is 1. The predicted octanol–water partition coefficient (Wildman–Crippen LogP) is 8.23. The van der Waals surface area contributed by atoms with E-state index in [1.807, 2.05) is 81.4 Å². The smallest absolute Gasteiger partial charge is 0.339 e. The van der Waals surface area contributed by atoms with Gasteiger partial charge in [-0.15, -0.1) is 0 Å². The van der Waals surface area contributed by atoms with Crippen LogP contribution >= 0.6 is 10.3 Å². The highest BCUT2D eigenvalue weighted by Gasteiger charge is 2.39. The second-order valence-corrected chi connectivity index (χ2v) is 16.7. The van der Waals surface area contributed by atoms with Gasteiger partial charge in [-0.1, -0.05) is 66.7 Å². The van der Waals surface area contributed by atoms with Crippen molar-refractivity contribution in [1.29, 1.82) is 0 Å². The maximum absolute atomic E-state index is 14.4. The van der Waals surface area contributed by atoms with E-state index in [-0.39, 0.29) is 10.6 Å². The molecule has 0 aliphatic carbocycles. The maximum Gasteiger partial charge on any atom is 0.339 e. The highest BCUT2D eigenvalue weighted by molar-refractivity contribution is 8.33. The fraction of sp³-hybridized carbons (Fsp3) is 0.118. The van der Waals surface area contributed by atoms with E-state index in [2.05, 4.69) is 0 Å². The lowest BCUT2D eigenvalue weighted by atomic mass is 10.2. The molecule has 0 saturated heterocycles. The van der Waals surface area contributed by atoms with Gasteiger partial charge < -0.3 is 8.92 Å². The molecule has 0 heterocycles. The molecule has 5 aromatic rings. The van der Waals surface area contributed by atoms with E-state index in [9.17, 15) is 16.8 Å². The summed E-state index contributed by atoms with van der Waals surface area (Å²) in [6.45, 7) is 5.83. The molecule has 5 aromatic carbocycles. The molecule has 0 radical (unpaired) electrons. The summed E-state index contributed by atoms with van der Waals surface area (Å²) < 4.78 is 72.8. The van der Waals surface area contributed by atoms with Crippen molar-refractivity contribution in [2.75, 3.05) is 0 Å². The largest absolute Gasteiger partial charge is 0.488 e. The first-order valence-corrected chi connectivity index (χ1v) is 18.1. The van der Waals surface area contributed by atoms with Gasteiger partial charge in [-0.25, -0.2) is 3.63 Å². The minimum atomic E-state index is -4.67. The molecule has 7 nitrogen and oxygen atoms in total. The lowest BCUT2D eigenvalue weighted by Crippen LogP contribution is -2.22. The fourth-order valence-electron chi connectivity index (χ4n) is 4.45. The molecule has 0 fully saturated rings. The lowest BCUT2D eigenvalue weighted by Gasteiger charge is -2.39. The Labute approximate surface area is 260 Å². The molecule has 0 atom stereocenters. The van der Waals surface area contributed by atoms with E-state index < -0.39 is 41.0 Å². The van der Waals surface area contributed by atoms with Gasteiger partial charge in [0.25, 0.3) is 0 Å². The predicted molar refractivity (Wildman–Crippen MR) is 171 cm³/mol. The van der Waals surface area contributed by atoms with Crippen LogP contribution in [0.15, 0.2) is 164 Å². The van der Waals surface area contributed by atoms with Crippen LogP contribution in [-0.2, 0) is 23.9 Å². The molecule has 44 heavy (non-hydrogen) atoms. The number of ether oxygens (including phenoxy) is 1. The van der Waals surface area contributed by atoms with Crippen LogP contribution in [0, 0.1) is 0 Å². The van der Waals surface area contributed by atoms with Crippen LogP contribution in [0.5, 0.6) is 11.5 Å². The van der Waals surface area contributed by atoms with Gasteiger partial charge in [-0.3, -0.25) is 0 Å². The Morgan fingerprint density at radius 2 is 0.909 bits per heavy atom. The number of rotatable bonds is 10. The molecule has 0 amide bonds. The molecule has 0 bridgehead atoms. The molecule has 0 aliphatic heterocycles. The zero-order valence-electron chi connectivity index (χ0n) is 24.4. The number of benzene rings is 5. The summed E-state index contributed by atoms with van der Waals surface area (Å²) in [5, 5.41) is 0. The second-order valence-electron chi connectivity index (χ2n) is 10.7. The van der Waals surface area contributed by atoms with Crippen molar-refractivity contribution in [3.05, 3.63) is 140 Å². The third-order valence-corrected chi connectivity index (χ3v) is 12.7. The van der Waals surface area contributed by atoms with Crippen molar-refractivity contribution in [2.24, 2.45) is 0 Å². The van der Waals surface area contributed by atoms with Crippen LogP contribution < -0.4 is 8.92 Å². The van der Waals surface area contributed by atoms with Crippen molar-refractivity contribution < 1.29 is 29.4 Å². The maximum atomic E-state index is 14.4. The van der Waals surface area contributed by atoms with E-state index in [0.717, 1.165) is 0 Å². The first-order chi connectivity index (χ1) is 20.9. The monoisotopic (exact) mass is 648 g/mol. The molecule has 0 aliphatic rings. The van der Waals surface area contributed by atoms with Crippen LogP contribution in [-0.4, -0.2) is 22.4 Å². The minimum absolute atomic E-state index is 0.112. The average Bonchev–Trinajstić information content (AvgIpc) is 3.01. The molecule has 228 valence electrons. The Bertz CT molecular complexity index is 1880. The Morgan fingerprint density at radius 1 is 0.477 bits per heavy atom. The van der Waals surface area contributed by atoms with E-state index in [1.165, 1.54) is 36.4 Å². The molecule has 10 heteroatoms. The summed E-state index contributed by atoms with van der Waals surface area (Å²) in [5.41, 5.74) is -0.437. The van der Waals surface area contributed by atoms with E-state index in [4.69, 9.17) is 12.5 Å². The normalized spacial score (nSPS) is 12.8. The zero-order chi connectivity index (χ0) is 31.4. The first-order valence-electron chi connectivity index (χ1n) is 13.7. The average molecular weight is 649 g/mol. The summed E-state index contributed by atoms with van der Waals surface area (Å²) in [7, 11) is -12.0. The van der Waals surface area contributed by atoms with Gasteiger partial charge in [-0.2, -0.15) is 16.8 Å². The van der Waals surface area contributed by atoms with Crippen molar-refractivity contribution in [3.8, 4) is 11.5 Å². The molecular formula is C34H32O7S3. The summed E-state index contributed by atoms with van der Waals surface area (Å²) in [4.78, 5) is 1.30. The number of hydrogen-bond acceptors (Lipinski definition) is 7. The first kappa shape index (κ1) is 31.3. The minimum Gasteiger partial charge on any atom is -0.488 e. The SMILES string of the molecule is CC(C)(C)Oc1ccc(S(OS(=O)(=O)c2ccccc2OS(=O)(=O)c2ccccc2)(c2ccccc2)c2ccccc2)cc1. The number of hydrogen-bond donors (Lipinski definition) is 0. The molecule has 0 unspecified atom stereocenters. The topological polar surface area (TPSA) is 96.0 Å². The summed E-state index contributed by atoms with van der Waals surface area (Å²) in [6.07, 6.45) is 0. The Balaban J connectivity index is 1.67. The summed E-state index contributed by atoms with van der Waals surface area (Å²) >= 11 is 0. The van der Waals surface area contributed by atoms with E-state index in [1.54, 1.807) is 42.5 Å². The van der Waals surface area contributed by atoms with Crippen molar-refractivity contribution >= 4 is 30.5 Å². The molecule has 5 rings (SSSR count). The standard InChI is InChI=1S/C34H32O7S3/c1-34(2,3)39-27-23-25-30(26-24-27)42(28-15-7-4-8-16-28,29-17-9-5-10-18-29)41-44(37,38)33-22-14-13-21-32(33)40-43(35,36)31-19-11-6-12-20-31/h4-26H,1-3H3. The van der Waals surface area contributed by atoms with Crippen molar-refractivity contribution in [2.45, 2.75) is 50.8 Å². The van der Waals surface area contributed by atoms with Crippen LogP contribution in [0.3, 0.4) is 0 Å². The molecule has 0 N–H and O–H groups in total. The van der Waals surface area contributed by atoms with Gasteiger partial charge in [0.2, 0.25) is 0 Å². The third-order valence-electron chi connectivity index (χ3n) is 6.27. The van der Waals surface area contributed by atoms with Crippen molar-refractivity contribution in [3.63, 3.8) is 0 Å². The van der Waals surface area contributed by atoms with Crippen LogP contribution in [0.2, 0.25) is 0 Å². The van der Waals surface area contributed by atoms with Gasteiger partial charge >= 0.3 is 20.2 Å². The fourth-order valence-corrected chi connectivity index (χ4v) is 10.8. The lowest BCUT2D eigenvalue weighted by molar-refractivity contribution is 0.131. The van der Waals surface area contributed by atoms with Gasteiger partial charge in [0.1, 0.15) is 21.1 Å². The van der Waals surface area contributed by atoms with Gasteiger partial charge in [0.05, 0.1) is 0 Å². The van der Waals surface area contributed by atoms with Crippen molar-refractivity contribution in [1.82, 2.24) is 0 Å². The zero-order valence-corrected chi connectivity index (χ0v) is 26.8. The quantitative estimate of drug-likeness (QED) is 0.141. The van der Waals surface area contributed by atoms with Gasteiger partial charge in [0, 0.05) is 14.7 Å². The van der Waals surface area contributed by atoms with Gasteiger partial charge in [0.15, 0.2) is 5.75 Å². The van der Waals surface area contributed by atoms with Crippen LogP contribution in [0.4, 0.5) is 0 Å². The molecular weight excluding hydrogens is 617 g/mol.